The zero-order valence-electron chi connectivity index (χ0n) is 19.4. The standard InChI is InChI=1S/C26H23Cl2F2NO4S/c1-16(32)35-26(25(36(2,33)34)19-11-22(29)13-23(30)12-19)14-31(15-26)24(17-3-7-20(27)8-4-17)18-5-9-21(28)10-6-18/h3-13,24-25H,14-15H2,1-2H3. The first-order chi connectivity index (χ1) is 16.9. The molecule has 3 aromatic rings. The topological polar surface area (TPSA) is 63.7 Å². The van der Waals surface area contributed by atoms with Gasteiger partial charge in [-0.2, -0.15) is 0 Å². The minimum Gasteiger partial charge on any atom is -0.455 e. The molecule has 0 bridgehead atoms. The highest BCUT2D eigenvalue weighted by Gasteiger charge is 2.58. The van der Waals surface area contributed by atoms with Crippen LogP contribution < -0.4 is 0 Å². The number of likely N-dealkylation sites (tertiary alicyclic amines) is 1. The fourth-order valence-electron chi connectivity index (χ4n) is 4.97. The molecule has 190 valence electrons. The Kier molecular flexibility index (Phi) is 7.44. The summed E-state index contributed by atoms with van der Waals surface area (Å²) >= 11 is 12.2. The number of ether oxygens (including phenoxy) is 1. The van der Waals surface area contributed by atoms with E-state index in [0.29, 0.717) is 16.1 Å². The summed E-state index contributed by atoms with van der Waals surface area (Å²) in [7, 11) is -3.98. The second kappa shape index (κ2) is 10.1. The van der Waals surface area contributed by atoms with Crippen molar-refractivity contribution in [2.45, 2.75) is 23.8 Å². The van der Waals surface area contributed by atoms with Gasteiger partial charge in [-0.05, 0) is 53.1 Å². The first-order valence-electron chi connectivity index (χ1n) is 11.0. The van der Waals surface area contributed by atoms with E-state index in [0.717, 1.165) is 29.5 Å². The Morgan fingerprint density at radius 1 is 0.889 bits per heavy atom. The van der Waals surface area contributed by atoms with Crippen molar-refractivity contribution >= 4 is 39.0 Å². The SMILES string of the molecule is CC(=O)OC1(C(c2cc(F)cc(F)c2)S(C)(=O)=O)CN(C(c2ccc(Cl)cc2)c2ccc(Cl)cc2)C1. The second-order valence-corrected chi connectivity index (χ2v) is 12.0. The van der Waals surface area contributed by atoms with E-state index in [1.165, 1.54) is 6.92 Å². The van der Waals surface area contributed by atoms with Crippen LogP contribution in [0, 0.1) is 11.6 Å². The molecule has 0 amide bonds. The molecule has 1 atom stereocenters. The number of hydrogen-bond donors (Lipinski definition) is 0. The molecule has 10 heteroatoms. The molecule has 36 heavy (non-hydrogen) atoms. The summed E-state index contributed by atoms with van der Waals surface area (Å²) < 4.78 is 59.8. The maximum absolute atomic E-state index is 14.1. The van der Waals surface area contributed by atoms with Gasteiger partial charge in [0.05, 0.1) is 6.04 Å². The highest BCUT2D eigenvalue weighted by Crippen LogP contribution is 2.47. The normalized spacial score (nSPS) is 16.4. The lowest BCUT2D eigenvalue weighted by Gasteiger charge is -2.54. The Bertz CT molecular complexity index is 1310. The summed E-state index contributed by atoms with van der Waals surface area (Å²) in [4.78, 5) is 14.1. The Morgan fingerprint density at radius 3 is 1.72 bits per heavy atom. The average molecular weight is 554 g/mol. The first kappa shape index (κ1) is 26.5. The molecule has 0 radical (unpaired) electrons. The van der Waals surface area contributed by atoms with Crippen molar-refractivity contribution in [2.75, 3.05) is 19.3 Å². The van der Waals surface area contributed by atoms with Crippen LogP contribution in [-0.4, -0.2) is 44.2 Å². The van der Waals surface area contributed by atoms with E-state index >= 15 is 0 Å². The van der Waals surface area contributed by atoms with Crippen LogP contribution in [0.25, 0.3) is 0 Å². The molecule has 1 heterocycles. The zero-order chi connectivity index (χ0) is 26.3. The lowest BCUT2D eigenvalue weighted by Crippen LogP contribution is -2.68. The van der Waals surface area contributed by atoms with Gasteiger partial charge in [0.15, 0.2) is 15.4 Å². The number of rotatable bonds is 7. The van der Waals surface area contributed by atoms with Gasteiger partial charge in [0, 0.05) is 42.4 Å². The van der Waals surface area contributed by atoms with Crippen LogP contribution in [0.4, 0.5) is 8.78 Å². The minimum absolute atomic E-state index is 0.00162. The van der Waals surface area contributed by atoms with E-state index in [1.807, 2.05) is 29.2 Å². The third kappa shape index (κ3) is 5.57. The van der Waals surface area contributed by atoms with Crippen LogP contribution in [0.15, 0.2) is 66.7 Å². The molecule has 1 unspecified atom stereocenters. The number of benzene rings is 3. The summed E-state index contributed by atoms with van der Waals surface area (Å²) in [6.07, 6.45) is 0.963. The lowest BCUT2D eigenvalue weighted by atomic mass is 9.82. The molecule has 0 spiro atoms. The van der Waals surface area contributed by atoms with E-state index < -0.39 is 38.3 Å². The Hall–Kier alpha value is -2.52. The molecule has 1 aliphatic rings. The van der Waals surface area contributed by atoms with Crippen LogP contribution in [0.1, 0.15) is 34.9 Å². The van der Waals surface area contributed by atoms with Gasteiger partial charge in [-0.3, -0.25) is 9.69 Å². The fourth-order valence-corrected chi connectivity index (χ4v) is 6.83. The molecule has 3 aromatic carbocycles. The van der Waals surface area contributed by atoms with Crippen molar-refractivity contribution in [3.05, 3.63) is 105 Å². The maximum atomic E-state index is 14.1. The molecule has 0 aromatic heterocycles. The number of sulfone groups is 1. The number of carbonyl (C=O) groups excluding carboxylic acids is 1. The maximum Gasteiger partial charge on any atom is 0.303 e. The third-order valence-electron chi connectivity index (χ3n) is 6.12. The summed E-state index contributed by atoms with van der Waals surface area (Å²) in [5.74, 6) is -2.55. The van der Waals surface area contributed by atoms with Gasteiger partial charge in [-0.25, -0.2) is 17.2 Å². The number of carbonyl (C=O) groups is 1. The number of halogens is 4. The van der Waals surface area contributed by atoms with Crippen LogP contribution in [-0.2, 0) is 19.4 Å². The van der Waals surface area contributed by atoms with E-state index in [1.54, 1.807) is 24.3 Å². The molecule has 1 saturated heterocycles. The summed E-state index contributed by atoms with van der Waals surface area (Å²) in [5.41, 5.74) is 0.0543. The van der Waals surface area contributed by atoms with Crippen LogP contribution in [0.2, 0.25) is 10.0 Å². The molecular formula is C26H23Cl2F2NO4S. The Labute approximate surface area is 218 Å². The van der Waals surface area contributed by atoms with Gasteiger partial charge in [0.2, 0.25) is 0 Å². The molecule has 1 aliphatic heterocycles. The Morgan fingerprint density at radius 2 is 1.33 bits per heavy atom. The van der Waals surface area contributed by atoms with E-state index in [9.17, 15) is 22.0 Å². The zero-order valence-corrected chi connectivity index (χ0v) is 21.7. The number of nitrogens with zero attached hydrogens (tertiary/aromatic N) is 1. The molecule has 4 rings (SSSR count). The van der Waals surface area contributed by atoms with Gasteiger partial charge in [0.1, 0.15) is 16.9 Å². The second-order valence-electron chi connectivity index (χ2n) is 8.98. The first-order valence-corrected chi connectivity index (χ1v) is 13.7. The third-order valence-corrected chi connectivity index (χ3v) is 8.18. The van der Waals surface area contributed by atoms with E-state index in [4.69, 9.17) is 27.9 Å². The van der Waals surface area contributed by atoms with Crippen LogP contribution >= 0.6 is 23.2 Å². The lowest BCUT2D eigenvalue weighted by molar-refractivity contribution is -0.182. The average Bonchev–Trinajstić information content (AvgIpc) is 2.73. The predicted octanol–water partition coefficient (Wildman–Crippen LogP) is 5.76. The summed E-state index contributed by atoms with van der Waals surface area (Å²) in [6.45, 7) is 1.17. The van der Waals surface area contributed by atoms with Crippen LogP contribution in [0.3, 0.4) is 0 Å². The smallest absolute Gasteiger partial charge is 0.303 e. The van der Waals surface area contributed by atoms with Gasteiger partial charge in [-0.15, -0.1) is 0 Å². The quantitative estimate of drug-likeness (QED) is 0.348. The van der Waals surface area contributed by atoms with Crippen molar-refractivity contribution in [1.29, 1.82) is 0 Å². The molecule has 1 fully saturated rings. The molecule has 0 aliphatic carbocycles. The Balaban J connectivity index is 1.78. The summed E-state index contributed by atoms with van der Waals surface area (Å²) in [5, 5.41) is -0.375. The van der Waals surface area contributed by atoms with Gasteiger partial charge in [-0.1, -0.05) is 47.5 Å². The molecular weight excluding hydrogens is 531 g/mol. The van der Waals surface area contributed by atoms with Crippen molar-refractivity contribution in [1.82, 2.24) is 4.90 Å². The monoisotopic (exact) mass is 553 g/mol. The van der Waals surface area contributed by atoms with Crippen molar-refractivity contribution in [2.24, 2.45) is 0 Å². The van der Waals surface area contributed by atoms with Crippen molar-refractivity contribution in [3.63, 3.8) is 0 Å². The van der Waals surface area contributed by atoms with Crippen LogP contribution in [0.5, 0.6) is 0 Å². The van der Waals surface area contributed by atoms with Gasteiger partial charge in [0.25, 0.3) is 0 Å². The fraction of sp³-hybridized carbons (Fsp3) is 0.269. The summed E-state index contributed by atoms with van der Waals surface area (Å²) in [6, 6.07) is 16.6. The van der Waals surface area contributed by atoms with Crippen molar-refractivity contribution < 1.29 is 26.7 Å². The van der Waals surface area contributed by atoms with Gasteiger partial charge < -0.3 is 4.74 Å². The van der Waals surface area contributed by atoms with E-state index in [2.05, 4.69) is 0 Å². The number of esters is 1. The van der Waals surface area contributed by atoms with E-state index in [-0.39, 0.29) is 24.7 Å². The van der Waals surface area contributed by atoms with Crippen molar-refractivity contribution in [3.8, 4) is 0 Å². The highest BCUT2D eigenvalue weighted by molar-refractivity contribution is 7.91. The van der Waals surface area contributed by atoms with Gasteiger partial charge >= 0.3 is 5.97 Å². The molecule has 5 nitrogen and oxygen atoms in total. The largest absolute Gasteiger partial charge is 0.455 e. The predicted molar refractivity (Wildman–Crippen MR) is 135 cm³/mol. The molecule has 0 N–H and O–H groups in total. The molecule has 0 saturated carbocycles. The highest BCUT2D eigenvalue weighted by atomic mass is 35.5. The number of hydrogen-bond acceptors (Lipinski definition) is 5. The minimum atomic E-state index is -3.98.